The Bertz CT molecular complexity index is 542. The third-order valence-electron chi connectivity index (χ3n) is 3.56. The summed E-state index contributed by atoms with van der Waals surface area (Å²) in [6.07, 6.45) is 0. The predicted molar refractivity (Wildman–Crippen MR) is 82.3 cm³/mol. The number of nitrogens with zero attached hydrogens (tertiary/aromatic N) is 2. The topological polar surface area (TPSA) is 78.7 Å². The van der Waals surface area contributed by atoms with E-state index in [9.17, 15) is 9.59 Å². The van der Waals surface area contributed by atoms with Gasteiger partial charge in [0.25, 0.3) is 5.91 Å². The Morgan fingerprint density at radius 2 is 1.95 bits per heavy atom. The second-order valence-corrected chi connectivity index (χ2v) is 5.33. The SMILES string of the molecule is CNC(=O)CN1CCN(C(=O)c2cccc(N)c2Cl)CC1. The van der Waals surface area contributed by atoms with Crippen molar-refractivity contribution in [1.82, 2.24) is 15.1 Å². The molecule has 0 unspecified atom stereocenters. The van der Waals surface area contributed by atoms with Crippen LogP contribution in [0.3, 0.4) is 0 Å². The summed E-state index contributed by atoms with van der Waals surface area (Å²) in [4.78, 5) is 27.5. The Morgan fingerprint density at radius 3 is 2.57 bits per heavy atom. The van der Waals surface area contributed by atoms with E-state index in [0.29, 0.717) is 49.0 Å². The number of halogens is 1. The molecule has 1 aromatic rings. The van der Waals surface area contributed by atoms with Gasteiger partial charge in [-0.3, -0.25) is 14.5 Å². The van der Waals surface area contributed by atoms with E-state index in [4.69, 9.17) is 17.3 Å². The molecule has 1 aliphatic heterocycles. The number of anilines is 1. The zero-order chi connectivity index (χ0) is 15.4. The number of nitrogens with one attached hydrogen (secondary N) is 1. The number of hydrogen-bond acceptors (Lipinski definition) is 4. The zero-order valence-electron chi connectivity index (χ0n) is 11.9. The van der Waals surface area contributed by atoms with Crippen LogP contribution in [0.4, 0.5) is 5.69 Å². The second kappa shape index (κ2) is 6.78. The van der Waals surface area contributed by atoms with E-state index >= 15 is 0 Å². The molecule has 1 aromatic carbocycles. The van der Waals surface area contributed by atoms with E-state index < -0.39 is 0 Å². The molecule has 0 radical (unpaired) electrons. The highest BCUT2D eigenvalue weighted by molar-refractivity contribution is 6.36. The minimum Gasteiger partial charge on any atom is -0.398 e. The summed E-state index contributed by atoms with van der Waals surface area (Å²) in [5, 5.41) is 2.89. The fourth-order valence-electron chi connectivity index (χ4n) is 2.28. The largest absolute Gasteiger partial charge is 0.398 e. The highest BCUT2D eigenvalue weighted by Gasteiger charge is 2.24. The third kappa shape index (κ3) is 3.65. The highest BCUT2D eigenvalue weighted by Crippen LogP contribution is 2.24. The molecular formula is C14H19ClN4O2. The van der Waals surface area contributed by atoms with Gasteiger partial charge in [-0.2, -0.15) is 0 Å². The smallest absolute Gasteiger partial charge is 0.255 e. The number of nitrogen functional groups attached to an aromatic ring is 1. The molecule has 1 saturated heterocycles. The van der Waals surface area contributed by atoms with Crippen LogP contribution in [0.15, 0.2) is 18.2 Å². The molecule has 0 saturated carbocycles. The van der Waals surface area contributed by atoms with E-state index in [1.807, 2.05) is 4.90 Å². The van der Waals surface area contributed by atoms with Crippen molar-refractivity contribution in [3.05, 3.63) is 28.8 Å². The number of piperazine rings is 1. The summed E-state index contributed by atoms with van der Waals surface area (Å²) >= 11 is 6.09. The number of rotatable bonds is 3. The minimum atomic E-state index is -0.119. The molecule has 1 fully saturated rings. The van der Waals surface area contributed by atoms with Crippen LogP contribution in [-0.2, 0) is 4.79 Å². The van der Waals surface area contributed by atoms with Crippen LogP contribution >= 0.6 is 11.6 Å². The van der Waals surface area contributed by atoms with Gasteiger partial charge in [0, 0.05) is 33.2 Å². The van der Waals surface area contributed by atoms with Crippen LogP contribution in [0.25, 0.3) is 0 Å². The molecule has 3 N–H and O–H groups in total. The van der Waals surface area contributed by atoms with E-state index in [2.05, 4.69) is 5.32 Å². The Hall–Kier alpha value is -1.79. The monoisotopic (exact) mass is 310 g/mol. The number of hydrogen-bond donors (Lipinski definition) is 2. The van der Waals surface area contributed by atoms with Gasteiger partial charge in [-0.1, -0.05) is 17.7 Å². The summed E-state index contributed by atoms with van der Waals surface area (Å²) in [6.45, 7) is 2.83. The third-order valence-corrected chi connectivity index (χ3v) is 3.99. The standard InChI is InChI=1S/C14H19ClN4O2/c1-17-12(20)9-18-5-7-19(8-6-18)14(21)10-3-2-4-11(16)13(10)15/h2-4H,5-9,16H2,1H3,(H,17,20). The molecule has 2 amide bonds. The molecule has 2 rings (SSSR count). The van der Waals surface area contributed by atoms with Crippen molar-refractivity contribution >= 4 is 29.1 Å². The molecule has 1 aliphatic rings. The van der Waals surface area contributed by atoms with Crippen LogP contribution in [-0.4, -0.2) is 61.4 Å². The Kier molecular flexibility index (Phi) is 5.03. The van der Waals surface area contributed by atoms with Crippen LogP contribution in [0.2, 0.25) is 5.02 Å². The highest BCUT2D eigenvalue weighted by atomic mass is 35.5. The van der Waals surface area contributed by atoms with Gasteiger partial charge in [0.15, 0.2) is 0 Å². The van der Waals surface area contributed by atoms with Crippen LogP contribution in [0.1, 0.15) is 10.4 Å². The van der Waals surface area contributed by atoms with Gasteiger partial charge < -0.3 is 16.0 Å². The van der Waals surface area contributed by atoms with Gasteiger partial charge in [0.2, 0.25) is 5.91 Å². The van der Waals surface area contributed by atoms with Gasteiger partial charge in [-0.25, -0.2) is 0 Å². The summed E-state index contributed by atoms with van der Waals surface area (Å²) in [7, 11) is 1.61. The molecule has 1 heterocycles. The first-order chi connectivity index (χ1) is 10.0. The van der Waals surface area contributed by atoms with Crippen LogP contribution in [0, 0.1) is 0 Å². The van der Waals surface area contributed by atoms with E-state index in [0.717, 1.165) is 0 Å². The lowest BCUT2D eigenvalue weighted by Crippen LogP contribution is -2.50. The maximum Gasteiger partial charge on any atom is 0.255 e. The molecule has 114 valence electrons. The lowest BCUT2D eigenvalue weighted by molar-refractivity contribution is -0.122. The number of carbonyl (C=O) groups is 2. The molecule has 0 aliphatic carbocycles. The lowest BCUT2D eigenvalue weighted by Gasteiger charge is -2.34. The maximum atomic E-state index is 12.4. The quantitative estimate of drug-likeness (QED) is 0.793. The summed E-state index contributed by atoms with van der Waals surface area (Å²) in [6, 6.07) is 5.06. The van der Waals surface area contributed by atoms with Crippen molar-refractivity contribution in [2.45, 2.75) is 0 Å². The van der Waals surface area contributed by atoms with Crippen molar-refractivity contribution in [2.75, 3.05) is 45.5 Å². The van der Waals surface area contributed by atoms with Gasteiger partial charge in [0.1, 0.15) is 0 Å². The molecule has 0 aromatic heterocycles. The normalized spacial score (nSPS) is 15.8. The molecule has 0 bridgehead atoms. The number of benzene rings is 1. The summed E-state index contributed by atoms with van der Waals surface area (Å²) in [5.74, 6) is -0.138. The van der Waals surface area contributed by atoms with Crippen LogP contribution < -0.4 is 11.1 Å². The number of nitrogens with two attached hydrogens (primary N) is 1. The summed E-state index contributed by atoms with van der Waals surface area (Å²) in [5.41, 5.74) is 6.56. The molecule has 0 atom stereocenters. The van der Waals surface area contributed by atoms with Gasteiger partial charge in [0.05, 0.1) is 22.8 Å². The van der Waals surface area contributed by atoms with Crippen molar-refractivity contribution in [3.8, 4) is 0 Å². The van der Waals surface area contributed by atoms with Gasteiger partial charge in [-0.15, -0.1) is 0 Å². The maximum absolute atomic E-state index is 12.4. The molecule has 21 heavy (non-hydrogen) atoms. The van der Waals surface area contributed by atoms with Crippen molar-refractivity contribution in [2.24, 2.45) is 0 Å². The first-order valence-electron chi connectivity index (χ1n) is 6.79. The van der Waals surface area contributed by atoms with Gasteiger partial charge in [-0.05, 0) is 12.1 Å². The molecule has 6 nitrogen and oxygen atoms in total. The average molecular weight is 311 g/mol. The predicted octanol–water partition coefficient (Wildman–Crippen LogP) is 0.426. The van der Waals surface area contributed by atoms with E-state index in [1.54, 1.807) is 30.1 Å². The van der Waals surface area contributed by atoms with Crippen molar-refractivity contribution in [3.63, 3.8) is 0 Å². The Morgan fingerprint density at radius 1 is 1.29 bits per heavy atom. The first-order valence-corrected chi connectivity index (χ1v) is 7.17. The number of likely N-dealkylation sites (N-methyl/N-ethyl adjacent to an activating group) is 1. The number of amides is 2. The zero-order valence-corrected chi connectivity index (χ0v) is 12.7. The Balaban J connectivity index is 1.97. The average Bonchev–Trinajstić information content (AvgIpc) is 2.50. The van der Waals surface area contributed by atoms with Gasteiger partial charge >= 0.3 is 0 Å². The minimum absolute atomic E-state index is 0.0198. The molecule has 0 spiro atoms. The van der Waals surface area contributed by atoms with E-state index in [-0.39, 0.29) is 11.8 Å². The second-order valence-electron chi connectivity index (χ2n) is 4.95. The van der Waals surface area contributed by atoms with E-state index in [1.165, 1.54) is 0 Å². The van der Waals surface area contributed by atoms with Crippen molar-refractivity contribution < 1.29 is 9.59 Å². The van der Waals surface area contributed by atoms with Crippen molar-refractivity contribution in [1.29, 1.82) is 0 Å². The molecular weight excluding hydrogens is 292 g/mol. The fraction of sp³-hybridized carbons (Fsp3) is 0.429. The fourth-order valence-corrected chi connectivity index (χ4v) is 2.48. The Labute approximate surface area is 128 Å². The first kappa shape index (κ1) is 15.6. The van der Waals surface area contributed by atoms with Crippen LogP contribution in [0.5, 0.6) is 0 Å². The molecule has 7 heteroatoms. The lowest BCUT2D eigenvalue weighted by atomic mass is 10.1. The summed E-state index contributed by atoms with van der Waals surface area (Å²) < 4.78 is 0. The number of carbonyl (C=O) groups excluding carboxylic acids is 2.